The van der Waals surface area contributed by atoms with Gasteiger partial charge in [-0.25, -0.2) is 9.78 Å². The molecule has 0 atom stereocenters. The first-order valence-corrected chi connectivity index (χ1v) is 5.03. The molecular weight excluding hydrogens is 218 g/mol. The van der Waals surface area contributed by atoms with Crippen molar-refractivity contribution in [3.05, 3.63) is 48.0 Å². The molecule has 0 amide bonds. The zero-order valence-corrected chi connectivity index (χ0v) is 9.21. The average Bonchev–Trinajstić information content (AvgIpc) is 2.29. The Labute approximate surface area is 98.2 Å². The molecule has 17 heavy (non-hydrogen) atoms. The van der Waals surface area contributed by atoms with E-state index in [4.69, 9.17) is 5.11 Å². The number of rotatable bonds is 3. The van der Waals surface area contributed by atoms with Gasteiger partial charge in [0.1, 0.15) is 5.69 Å². The van der Waals surface area contributed by atoms with Gasteiger partial charge in [0.15, 0.2) is 0 Å². The molecule has 0 aliphatic rings. The van der Waals surface area contributed by atoms with Crippen LogP contribution in [0.4, 0.5) is 11.4 Å². The summed E-state index contributed by atoms with van der Waals surface area (Å²) in [7, 11) is 0. The molecule has 5 nitrogen and oxygen atoms in total. The summed E-state index contributed by atoms with van der Waals surface area (Å²) in [5, 5.41) is 11.8. The Hall–Kier alpha value is -2.43. The molecule has 2 heterocycles. The second-order valence-corrected chi connectivity index (χ2v) is 3.61. The molecule has 0 aliphatic heterocycles. The maximum Gasteiger partial charge on any atom is 0.354 e. The van der Waals surface area contributed by atoms with E-state index in [9.17, 15) is 4.79 Å². The van der Waals surface area contributed by atoms with Crippen LogP contribution in [0.5, 0.6) is 0 Å². The van der Waals surface area contributed by atoms with Crippen molar-refractivity contribution in [2.45, 2.75) is 6.92 Å². The van der Waals surface area contributed by atoms with Gasteiger partial charge in [0.05, 0.1) is 23.8 Å². The van der Waals surface area contributed by atoms with Gasteiger partial charge in [0, 0.05) is 6.20 Å². The predicted molar refractivity (Wildman–Crippen MR) is 63.5 cm³/mol. The first-order chi connectivity index (χ1) is 8.15. The van der Waals surface area contributed by atoms with E-state index in [0.717, 1.165) is 16.9 Å². The molecule has 0 aromatic carbocycles. The van der Waals surface area contributed by atoms with Gasteiger partial charge in [-0.1, -0.05) is 0 Å². The first-order valence-electron chi connectivity index (χ1n) is 5.03. The minimum Gasteiger partial charge on any atom is -0.477 e. The number of aryl methyl sites for hydroxylation is 1. The molecule has 0 aliphatic carbocycles. The monoisotopic (exact) mass is 229 g/mol. The second kappa shape index (κ2) is 4.61. The molecule has 0 saturated carbocycles. The Kier molecular flexibility index (Phi) is 3.00. The Bertz CT molecular complexity index is 538. The van der Waals surface area contributed by atoms with E-state index in [1.54, 1.807) is 18.5 Å². The summed E-state index contributed by atoms with van der Waals surface area (Å²) in [6, 6.07) is 5.06. The molecule has 0 unspecified atom stereocenters. The van der Waals surface area contributed by atoms with Crippen molar-refractivity contribution in [1.29, 1.82) is 0 Å². The number of carboxylic acids is 1. The van der Waals surface area contributed by atoms with Gasteiger partial charge in [-0.2, -0.15) is 0 Å². The number of carbonyl (C=O) groups is 1. The van der Waals surface area contributed by atoms with Crippen LogP contribution in [0.1, 0.15) is 16.1 Å². The number of nitrogens with zero attached hydrogens (tertiary/aromatic N) is 2. The number of hydrogen-bond donors (Lipinski definition) is 2. The second-order valence-electron chi connectivity index (χ2n) is 3.61. The van der Waals surface area contributed by atoms with E-state index in [0.29, 0.717) is 0 Å². The minimum atomic E-state index is -1.03. The van der Waals surface area contributed by atoms with Gasteiger partial charge in [-0.15, -0.1) is 0 Å². The van der Waals surface area contributed by atoms with Gasteiger partial charge >= 0.3 is 5.97 Å². The maximum atomic E-state index is 10.6. The molecule has 2 rings (SSSR count). The number of nitrogens with one attached hydrogen (secondary N) is 1. The largest absolute Gasteiger partial charge is 0.477 e. The van der Waals surface area contributed by atoms with Crippen LogP contribution in [0.2, 0.25) is 0 Å². The fourth-order valence-electron chi connectivity index (χ4n) is 1.38. The van der Waals surface area contributed by atoms with Crippen molar-refractivity contribution >= 4 is 17.3 Å². The number of anilines is 2. The number of aromatic carboxylic acids is 1. The third-order valence-electron chi connectivity index (χ3n) is 2.15. The predicted octanol–water partition coefficient (Wildman–Crippen LogP) is 2.23. The SMILES string of the molecule is Cc1cncc(Nc2ccc(C(=O)O)nc2)c1. The lowest BCUT2D eigenvalue weighted by atomic mass is 10.3. The standard InChI is InChI=1S/C12H11N3O2/c1-8-4-10(6-13-5-8)15-9-2-3-11(12(16)17)14-7-9/h2-7,15H,1H3,(H,16,17). The zero-order valence-electron chi connectivity index (χ0n) is 9.21. The Morgan fingerprint density at radius 3 is 2.65 bits per heavy atom. The molecule has 2 aromatic rings. The first kappa shape index (κ1) is 11.1. The van der Waals surface area contributed by atoms with Gasteiger partial charge in [-0.3, -0.25) is 4.98 Å². The van der Waals surface area contributed by atoms with Crippen LogP contribution in [-0.2, 0) is 0 Å². The van der Waals surface area contributed by atoms with E-state index in [2.05, 4.69) is 15.3 Å². The normalized spacial score (nSPS) is 9.94. The van der Waals surface area contributed by atoms with Crippen LogP contribution in [0, 0.1) is 6.92 Å². The van der Waals surface area contributed by atoms with Crippen LogP contribution in [0.25, 0.3) is 0 Å². The summed E-state index contributed by atoms with van der Waals surface area (Å²) >= 11 is 0. The lowest BCUT2D eigenvalue weighted by Gasteiger charge is -2.06. The van der Waals surface area contributed by atoms with Gasteiger partial charge < -0.3 is 10.4 Å². The van der Waals surface area contributed by atoms with Crippen molar-refractivity contribution in [3.63, 3.8) is 0 Å². The molecule has 5 heteroatoms. The van der Waals surface area contributed by atoms with Crippen molar-refractivity contribution in [3.8, 4) is 0 Å². The highest BCUT2D eigenvalue weighted by Crippen LogP contribution is 2.15. The summed E-state index contributed by atoms with van der Waals surface area (Å²) in [6.07, 6.45) is 4.93. The van der Waals surface area contributed by atoms with Crippen LogP contribution in [0.15, 0.2) is 36.8 Å². The van der Waals surface area contributed by atoms with Crippen molar-refractivity contribution in [2.75, 3.05) is 5.32 Å². The third kappa shape index (κ3) is 2.78. The average molecular weight is 229 g/mol. The molecule has 0 fully saturated rings. The fourth-order valence-corrected chi connectivity index (χ4v) is 1.38. The highest BCUT2D eigenvalue weighted by Gasteiger charge is 2.03. The summed E-state index contributed by atoms with van der Waals surface area (Å²) in [5.74, 6) is -1.03. The van der Waals surface area contributed by atoms with Crippen molar-refractivity contribution in [2.24, 2.45) is 0 Å². The molecule has 86 valence electrons. The highest BCUT2D eigenvalue weighted by molar-refractivity contribution is 5.85. The summed E-state index contributed by atoms with van der Waals surface area (Å²) in [4.78, 5) is 18.5. The van der Waals surface area contributed by atoms with Crippen LogP contribution in [-0.4, -0.2) is 21.0 Å². The van der Waals surface area contributed by atoms with Crippen molar-refractivity contribution < 1.29 is 9.90 Å². The van der Waals surface area contributed by atoms with Gasteiger partial charge in [0.25, 0.3) is 0 Å². The van der Waals surface area contributed by atoms with E-state index >= 15 is 0 Å². The van der Waals surface area contributed by atoms with E-state index < -0.39 is 5.97 Å². The molecule has 0 radical (unpaired) electrons. The number of pyridine rings is 2. The Balaban J connectivity index is 2.16. The summed E-state index contributed by atoms with van der Waals surface area (Å²) in [6.45, 7) is 1.95. The van der Waals surface area contributed by atoms with Crippen LogP contribution < -0.4 is 5.32 Å². The lowest BCUT2D eigenvalue weighted by Crippen LogP contribution is -2.00. The number of hydrogen-bond acceptors (Lipinski definition) is 4. The van der Waals surface area contributed by atoms with E-state index in [1.807, 2.05) is 13.0 Å². The lowest BCUT2D eigenvalue weighted by molar-refractivity contribution is 0.0690. The molecule has 0 saturated heterocycles. The maximum absolute atomic E-state index is 10.6. The third-order valence-corrected chi connectivity index (χ3v) is 2.15. The van der Waals surface area contributed by atoms with Crippen LogP contribution >= 0.6 is 0 Å². The molecule has 2 aromatic heterocycles. The summed E-state index contributed by atoms with van der Waals surface area (Å²) < 4.78 is 0. The van der Waals surface area contributed by atoms with E-state index in [-0.39, 0.29) is 5.69 Å². The topological polar surface area (TPSA) is 75.1 Å². The Morgan fingerprint density at radius 2 is 2.06 bits per heavy atom. The summed E-state index contributed by atoms with van der Waals surface area (Å²) in [5.41, 5.74) is 2.64. The van der Waals surface area contributed by atoms with Crippen LogP contribution in [0.3, 0.4) is 0 Å². The molecule has 0 bridgehead atoms. The van der Waals surface area contributed by atoms with Gasteiger partial charge in [-0.05, 0) is 30.7 Å². The fraction of sp³-hybridized carbons (Fsp3) is 0.0833. The van der Waals surface area contributed by atoms with Gasteiger partial charge in [0.2, 0.25) is 0 Å². The Morgan fingerprint density at radius 1 is 1.24 bits per heavy atom. The smallest absolute Gasteiger partial charge is 0.354 e. The molecule has 2 N–H and O–H groups in total. The number of aromatic nitrogens is 2. The number of carboxylic acid groups (broad SMARTS) is 1. The molecular formula is C12H11N3O2. The van der Waals surface area contributed by atoms with E-state index in [1.165, 1.54) is 12.3 Å². The zero-order chi connectivity index (χ0) is 12.3. The quantitative estimate of drug-likeness (QED) is 0.844. The highest BCUT2D eigenvalue weighted by atomic mass is 16.4. The molecule has 0 spiro atoms. The minimum absolute atomic E-state index is 0.0258. The van der Waals surface area contributed by atoms with Crippen molar-refractivity contribution in [1.82, 2.24) is 9.97 Å².